The molecule has 0 radical (unpaired) electrons. The van der Waals surface area contributed by atoms with Gasteiger partial charge in [-0.05, 0) is 53.3 Å². The lowest BCUT2D eigenvalue weighted by molar-refractivity contribution is 0.114. The molecule has 1 aliphatic heterocycles. The van der Waals surface area contributed by atoms with Crippen molar-refractivity contribution in [1.82, 2.24) is 0 Å². The largest absolute Gasteiger partial charge is 0.508 e. The fourth-order valence-corrected chi connectivity index (χ4v) is 4.04. The standard InChI is InChI=1S/C20H15F2NO3/c21-16-7-12(24)6-15-14(16)8-13(10-1-2-18(25)17(22)5-10)19(15)20-11(9-23)3-4-26-20/h1-7,11,13,19-20,24-25H,8H2. The molecule has 1 aliphatic carbocycles. The Balaban J connectivity index is 1.84. The molecule has 1 heterocycles. The van der Waals surface area contributed by atoms with E-state index in [1.807, 2.05) is 0 Å². The van der Waals surface area contributed by atoms with Gasteiger partial charge >= 0.3 is 0 Å². The summed E-state index contributed by atoms with van der Waals surface area (Å²) in [5.74, 6) is -3.27. The first-order chi connectivity index (χ1) is 12.5. The van der Waals surface area contributed by atoms with Crippen LogP contribution < -0.4 is 0 Å². The van der Waals surface area contributed by atoms with Crippen molar-refractivity contribution in [1.29, 1.82) is 5.26 Å². The van der Waals surface area contributed by atoms with Crippen molar-refractivity contribution in [3.63, 3.8) is 0 Å². The Morgan fingerprint density at radius 3 is 2.65 bits per heavy atom. The number of fused-ring (bicyclic) bond motifs is 1. The van der Waals surface area contributed by atoms with Gasteiger partial charge in [0.15, 0.2) is 11.6 Å². The van der Waals surface area contributed by atoms with Crippen LogP contribution >= 0.6 is 0 Å². The molecule has 4 unspecified atom stereocenters. The van der Waals surface area contributed by atoms with Gasteiger partial charge < -0.3 is 14.9 Å². The maximum atomic E-state index is 14.4. The summed E-state index contributed by atoms with van der Waals surface area (Å²) in [6.07, 6.45) is 2.80. The Kier molecular flexibility index (Phi) is 3.80. The van der Waals surface area contributed by atoms with E-state index in [1.54, 1.807) is 12.1 Å². The molecule has 0 bridgehead atoms. The molecule has 0 saturated carbocycles. The molecule has 4 nitrogen and oxygen atoms in total. The van der Waals surface area contributed by atoms with Gasteiger partial charge in [0.1, 0.15) is 23.6 Å². The third kappa shape index (κ3) is 2.48. The molecule has 2 aromatic rings. The summed E-state index contributed by atoms with van der Waals surface area (Å²) < 4.78 is 34.0. The average molecular weight is 355 g/mol. The third-order valence-electron chi connectivity index (χ3n) is 5.21. The van der Waals surface area contributed by atoms with E-state index in [9.17, 15) is 24.3 Å². The number of phenolic OH excluding ortho intramolecular Hbond substituents is 2. The highest BCUT2D eigenvalue weighted by Gasteiger charge is 2.45. The van der Waals surface area contributed by atoms with Crippen LogP contribution in [0.25, 0.3) is 0 Å². The van der Waals surface area contributed by atoms with Crippen LogP contribution in [0.5, 0.6) is 11.5 Å². The van der Waals surface area contributed by atoms with E-state index in [4.69, 9.17) is 4.74 Å². The molecule has 0 spiro atoms. The molecule has 0 saturated heterocycles. The van der Waals surface area contributed by atoms with Gasteiger partial charge in [0, 0.05) is 12.0 Å². The summed E-state index contributed by atoms with van der Waals surface area (Å²) in [5, 5.41) is 28.7. The van der Waals surface area contributed by atoms with Crippen LogP contribution in [0.15, 0.2) is 42.7 Å². The lowest BCUT2D eigenvalue weighted by Crippen LogP contribution is -2.27. The number of phenols is 2. The zero-order valence-corrected chi connectivity index (χ0v) is 13.6. The van der Waals surface area contributed by atoms with Crippen molar-refractivity contribution >= 4 is 0 Å². The Morgan fingerprint density at radius 2 is 1.92 bits per heavy atom. The number of hydrogen-bond acceptors (Lipinski definition) is 4. The number of rotatable bonds is 2. The molecule has 0 fully saturated rings. The first kappa shape index (κ1) is 16.4. The molecular weight excluding hydrogens is 340 g/mol. The van der Waals surface area contributed by atoms with Gasteiger partial charge in [-0.3, -0.25) is 0 Å². The second kappa shape index (κ2) is 6.03. The van der Waals surface area contributed by atoms with E-state index >= 15 is 0 Å². The molecule has 2 aromatic carbocycles. The van der Waals surface area contributed by atoms with Crippen LogP contribution in [0.2, 0.25) is 0 Å². The predicted octanol–water partition coefficient (Wildman–Crippen LogP) is 3.85. The maximum absolute atomic E-state index is 14.4. The van der Waals surface area contributed by atoms with Gasteiger partial charge in [-0.25, -0.2) is 8.78 Å². The monoisotopic (exact) mass is 355 g/mol. The molecule has 26 heavy (non-hydrogen) atoms. The van der Waals surface area contributed by atoms with E-state index in [0.717, 1.165) is 6.07 Å². The van der Waals surface area contributed by atoms with E-state index in [0.29, 0.717) is 16.7 Å². The van der Waals surface area contributed by atoms with Crippen molar-refractivity contribution < 1.29 is 23.7 Å². The molecule has 2 aliphatic rings. The number of nitrogens with zero attached hydrogens (tertiary/aromatic N) is 1. The Bertz CT molecular complexity index is 951. The minimum atomic E-state index is -0.761. The van der Waals surface area contributed by atoms with Crippen molar-refractivity contribution in [2.45, 2.75) is 24.4 Å². The van der Waals surface area contributed by atoms with Gasteiger partial charge in [-0.15, -0.1) is 0 Å². The molecule has 132 valence electrons. The van der Waals surface area contributed by atoms with Gasteiger partial charge in [0.25, 0.3) is 0 Å². The number of ether oxygens (including phenoxy) is 1. The van der Waals surface area contributed by atoms with Crippen LogP contribution in [0.3, 0.4) is 0 Å². The van der Waals surface area contributed by atoms with E-state index in [1.165, 1.54) is 24.5 Å². The zero-order valence-electron chi connectivity index (χ0n) is 13.6. The van der Waals surface area contributed by atoms with Crippen LogP contribution in [0.1, 0.15) is 28.5 Å². The highest BCUT2D eigenvalue weighted by atomic mass is 19.1. The quantitative estimate of drug-likeness (QED) is 0.858. The van der Waals surface area contributed by atoms with Gasteiger partial charge in [-0.1, -0.05) is 6.07 Å². The Labute approximate surface area is 148 Å². The van der Waals surface area contributed by atoms with Crippen LogP contribution in [-0.2, 0) is 11.2 Å². The van der Waals surface area contributed by atoms with Gasteiger partial charge in [-0.2, -0.15) is 5.26 Å². The van der Waals surface area contributed by atoms with Crippen LogP contribution in [-0.4, -0.2) is 16.3 Å². The van der Waals surface area contributed by atoms with E-state index in [-0.39, 0.29) is 18.1 Å². The predicted molar refractivity (Wildman–Crippen MR) is 88.4 cm³/mol. The second-order valence-corrected chi connectivity index (χ2v) is 6.63. The lowest BCUT2D eigenvalue weighted by Gasteiger charge is -2.28. The summed E-state index contributed by atoms with van der Waals surface area (Å²) in [7, 11) is 0. The molecule has 0 aromatic heterocycles. The minimum Gasteiger partial charge on any atom is -0.508 e. The summed E-state index contributed by atoms with van der Waals surface area (Å²) >= 11 is 0. The summed E-state index contributed by atoms with van der Waals surface area (Å²) in [4.78, 5) is 0. The first-order valence-corrected chi connectivity index (χ1v) is 8.21. The van der Waals surface area contributed by atoms with Crippen molar-refractivity contribution in [3.8, 4) is 17.6 Å². The van der Waals surface area contributed by atoms with Crippen LogP contribution in [0, 0.1) is 28.9 Å². The number of halogens is 2. The van der Waals surface area contributed by atoms with E-state index < -0.39 is 35.3 Å². The molecule has 4 rings (SSSR count). The first-order valence-electron chi connectivity index (χ1n) is 8.21. The fourth-order valence-electron chi connectivity index (χ4n) is 4.04. The Morgan fingerprint density at radius 1 is 1.12 bits per heavy atom. The summed E-state index contributed by atoms with van der Waals surface area (Å²) in [6, 6.07) is 8.76. The number of nitriles is 1. The van der Waals surface area contributed by atoms with Crippen molar-refractivity contribution in [2.24, 2.45) is 5.92 Å². The lowest BCUT2D eigenvalue weighted by atomic mass is 9.79. The fraction of sp³-hybridized carbons (Fsp3) is 0.250. The second-order valence-electron chi connectivity index (χ2n) is 6.63. The molecule has 2 N–H and O–H groups in total. The summed E-state index contributed by atoms with van der Waals surface area (Å²) in [6.45, 7) is 0. The molecule has 6 heteroatoms. The highest BCUT2D eigenvalue weighted by molar-refractivity contribution is 5.48. The third-order valence-corrected chi connectivity index (χ3v) is 5.21. The average Bonchev–Trinajstić information content (AvgIpc) is 3.21. The Hall–Kier alpha value is -3.07. The van der Waals surface area contributed by atoms with Gasteiger partial charge in [0.2, 0.25) is 0 Å². The van der Waals surface area contributed by atoms with E-state index in [2.05, 4.69) is 6.07 Å². The molecule has 4 atom stereocenters. The molecular formula is C20H15F2NO3. The summed E-state index contributed by atoms with van der Waals surface area (Å²) in [5.41, 5.74) is 1.57. The van der Waals surface area contributed by atoms with Crippen molar-refractivity contribution in [2.75, 3.05) is 0 Å². The topological polar surface area (TPSA) is 73.5 Å². The zero-order chi connectivity index (χ0) is 18.4. The number of hydrogen-bond donors (Lipinski definition) is 2. The van der Waals surface area contributed by atoms with Gasteiger partial charge in [0.05, 0.1) is 12.3 Å². The van der Waals surface area contributed by atoms with Crippen LogP contribution in [0.4, 0.5) is 8.78 Å². The molecule has 0 amide bonds. The smallest absolute Gasteiger partial charge is 0.165 e. The number of benzene rings is 2. The highest BCUT2D eigenvalue weighted by Crippen LogP contribution is 2.51. The number of aromatic hydroxyl groups is 2. The minimum absolute atomic E-state index is 0.205. The SMILES string of the molecule is N#CC1C=COC1C1c2cc(O)cc(F)c2CC1c1ccc(O)c(F)c1. The van der Waals surface area contributed by atoms with Crippen molar-refractivity contribution in [3.05, 3.63) is 71.0 Å². The normalized spacial score (nSPS) is 26.3. The maximum Gasteiger partial charge on any atom is 0.165 e.